The quantitative estimate of drug-likeness (QED) is 0.195. The van der Waals surface area contributed by atoms with Gasteiger partial charge in [-0.3, -0.25) is 0 Å². The fourth-order valence-electron chi connectivity index (χ4n) is 4.43. The van der Waals surface area contributed by atoms with E-state index < -0.39 is 9.84 Å². The molecule has 0 heterocycles. The molecule has 4 aromatic carbocycles. The molecule has 0 bridgehead atoms. The minimum absolute atomic E-state index is 0.193. The summed E-state index contributed by atoms with van der Waals surface area (Å²) in [6.07, 6.45) is 0.935. The Morgan fingerprint density at radius 2 is 1.02 bits per heavy atom. The zero-order valence-electron chi connectivity index (χ0n) is 24.6. The lowest BCUT2D eigenvalue weighted by Gasteiger charge is -2.28. The van der Waals surface area contributed by atoms with Crippen LogP contribution in [-0.4, -0.2) is 14.0 Å². The van der Waals surface area contributed by atoms with Gasteiger partial charge in [0.15, 0.2) is 0 Å². The van der Waals surface area contributed by atoms with Crippen molar-refractivity contribution in [3.63, 3.8) is 0 Å². The minimum Gasteiger partial charge on any atom is -0.488 e. The monoisotopic (exact) mass is 556 g/mol. The van der Waals surface area contributed by atoms with E-state index in [1.807, 2.05) is 36.4 Å². The molecular formula is C35H40O4S. The van der Waals surface area contributed by atoms with Crippen LogP contribution < -0.4 is 9.47 Å². The van der Waals surface area contributed by atoms with Gasteiger partial charge in [0.25, 0.3) is 0 Å². The molecule has 0 aromatic heterocycles. The molecule has 0 unspecified atom stereocenters. The van der Waals surface area contributed by atoms with Gasteiger partial charge in [0, 0.05) is 5.41 Å². The molecule has 4 rings (SSSR count). The SMILES string of the molecule is CCC(C)(C)Oc1ccc(C(C)(C)c2ccc(Oc3ccc(S(=O)(=O)c4ccc(C(C)C)cc4)cc3)cc2)cc1. The molecule has 0 radical (unpaired) electrons. The van der Waals surface area contributed by atoms with E-state index in [1.54, 1.807) is 36.4 Å². The summed E-state index contributed by atoms with van der Waals surface area (Å²) in [6.45, 7) is 14.9. The van der Waals surface area contributed by atoms with Gasteiger partial charge >= 0.3 is 0 Å². The molecule has 0 aliphatic heterocycles. The highest BCUT2D eigenvalue weighted by molar-refractivity contribution is 7.91. The average Bonchev–Trinajstić information content (AvgIpc) is 2.94. The molecule has 0 fully saturated rings. The molecule has 4 nitrogen and oxygen atoms in total. The van der Waals surface area contributed by atoms with Crippen molar-refractivity contribution in [2.24, 2.45) is 0 Å². The number of rotatable bonds is 10. The van der Waals surface area contributed by atoms with Crippen molar-refractivity contribution in [1.82, 2.24) is 0 Å². The number of sulfone groups is 1. The van der Waals surface area contributed by atoms with Crippen LogP contribution >= 0.6 is 0 Å². The Hall–Kier alpha value is -3.57. The second-order valence-corrected chi connectivity index (χ2v) is 13.6. The Morgan fingerprint density at radius 1 is 0.625 bits per heavy atom. The van der Waals surface area contributed by atoms with E-state index in [0.29, 0.717) is 17.4 Å². The molecule has 0 aliphatic carbocycles. The molecule has 0 N–H and O–H groups in total. The summed E-state index contributed by atoms with van der Waals surface area (Å²) in [6, 6.07) is 30.0. The van der Waals surface area contributed by atoms with Crippen LogP contribution in [0.2, 0.25) is 0 Å². The van der Waals surface area contributed by atoms with E-state index >= 15 is 0 Å². The third-order valence-electron chi connectivity index (χ3n) is 7.62. The molecule has 40 heavy (non-hydrogen) atoms. The lowest BCUT2D eigenvalue weighted by atomic mass is 9.78. The predicted octanol–water partition coefficient (Wildman–Crippen LogP) is 9.33. The van der Waals surface area contributed by atoms with Crippen molar-refractivity contribution in [3.05, 3.63) is 114 Å². The van der Waals surface area contributed by atoms with E-state index in [0.717, 1.165) is 23.3 Å². The summed E-state index contributed by atoms with van der Waals surface area (Å²) < 4.78 is 38.3. The van der Waals surface area contributed by atoms with Crippen molar-refractivity contribution < 1.29 is 17.9 Å². The summed E-state index contributed by atoms with van der Waals surface area (Å²) in [5, 5.41) is 0. The number of ether oxygens (including phenoxy) is 2. The van der Waals surface area contributed by atoms with Gasteiger partial charge in [0.05, 0.1) is 9.79 Å². The van der Waals surface area contributed by atoms with Gasteiger partial charge in [-0.15, -0.1) is 0 Å². The lowest BCUT2D eigenvalue weighted by molar-refractivity contribution is 0.105. The molecule has 0 aliphatic rings. The van der Waals surface area contributed by atoms with Crippen LogP contribution in [-0.2, 0) is 15.3 Å². The normalized spacial score (nSPS) is 12.4. The standard InChI is InChI=1S/C35H40O4S/c1-8-34(4,5)39-31-17-13-28(14-18-31)35(6,7)27-11-15-29(16-12-27)38-30-19-23-33(24-20-30)40(36,37)32-21-9-26(10-22-32)25(2)3/h9-25H,8H2,1-7H3. The molecule has 0 atom stereocenters. The second kappa shape index (κ2) is 11.5. The highest BCUT2D eigenvalue weighted by Gasteiger charge is 2.24. The van der Waals surface area contributed by atoms with Crippen molar-refractivity contribution >= 4 is 9.84 Å². The topological polar surface area (TPSA) is 52.6 Å². The molecule has 0 spiro atoms. The Labute approximate surface area is 239 Å². The molecule has 0 amide bonds. The van der Waals surface area contributed by atoms with Crippen LogP contribution in [0.3, 0.4) is 0 Å². The smallest absolute Gasteiger partial charge is 0.206 e. The Morgan fingerprint density at radius 3 is 1.45 bits per heavy atom. The van der Waals surface area contributed by atoms with Crippen molar-refractivity contribution in [2.45, 2.75) is 81.6 Å². The largest absolute Gasteiger partial charge is 0.488 e. The van der Waals surface area contributed by atoms with Crippen LogP contribution in [0.4, 0.5) is 0 Å². The fraction of sp³-hybridized carbons (Fsp3) is 0.314. The second-order valence-electron chi connectivity index (χ2n) is 11.7. The van der Waals surface area contributed by atoms with E-state index in [1.165, 1.54) is 5.56 Å². The Bertz CT molecular complexity index is 1510. The first-order valence-corrected chi connectivity index (χ1v) is 15.3. The number of benzene rings is 4. The highest BCUT2D eigenvalue weighted by atomic mass is 32.2. The van der Waals surface area contributed by atoms with Gasteiger partial charge in [0.1, 0.15) is 22.8 Å². The first-order valence-electron chi connectivity index (χ1n) is 13.8. The average molecular weight is 557 g/mol. The maximum atomic E-state index is 13.1. The first kappa shape index (κ1) is 29.4. The van der Waals surface area contributed by atoms with Crippen LogP contribution in [0.25, 0.3) is 0 Å². The third kappa shape index (κ3) is 6.59. The van der Waals surface area contributed by atoms with Gasteiger partial charge < -0.3 is 9.47 Å². The predicted molar refractivity (Wildman–Crippen MR) is 163 cm³/mol. The number of hydrogen-bond donors (Lipinski definition) is 0. The van der Waals surface area contributed by atoms with Gasteiger partial charge in [-0.1, -0.05) is 71.0 Å². The van der Waals surface area contributed by atoms with Gasteiger partial charge in [-0.2, -0.15) is 0 Å². The summed E-state index contributed by atoms with van der Waals surface area (Å²) >= 11 is 0. The maximum Gasteiger partial charge on any atom is 0.206 e. The lowest BCUT2D eigenvalue weighted by Crippen LogP contribution is -2.26. The Balaban J connectivity index is 1.44. The molecule has 210 valence electrons. The summed E-state index contributed by atoms with van der Waals surface area (Å²) in [5.41, 5.74) is 3.06. The van der Waals surface area contributed by atoms with Crippen molar-refractivity contribution in [3.8, 4) is 17.2 Å². The van der Waals surface area contributed by atoms with E-state index in [4.69, 9.17) is 9.47 Å². The zero-order chi connectivity index (χ0) is 29.1. The molecule has 0 saturated heterocycles. The van der Waals surface area contributed by atoms with Crippen molar-refractivity contribution in [1.29, 1.82) is 0 Å². The third-order valence-corrected chi connectivity index (χ3v) is 9.41. The number of hydrogen-bond acceptors (Lipinski definition) is 4. The summed E-state index contributed by atoms with van der Waals surface area (Å²) in [4.78, 5) is 0.527. The van der Waals surface area contributed by atoms with Crippen LogP contribution in [0.5, 0.6) is 17.2 Å². The van der Waals surface area contributed by atoms with Gasteiger partial charge in [-0.25, -0.2) is 8.42 Å². The Kier molecular flexibility index (Phi) is 8.46. The fourth-order valence-corrected chi connectivity index (χ4v) is 5.69. The van der Waals surface area contributed by atoms with Crippen LogP contribution in [0.1, 0.15) is 77.5 Å². The minimum atomic E-state index is -3.60. The molecule has 0 saturated carbocycles. The van der Waals surface area contributed by atoms with Crippen LogP contribution in [0, 0.1) is 0 Å². The molecular weight excluding hydrogens is 516 g/mol. The van der Waals surface area contributed by atoms with E-state index in [2.05, 4.69) is 72.7 Å². The van der Waals surface area contributed by atoms with E-state index in [-0.39, 0.29) is 20.8 Å². The highest BCUT2D eigenvalue weighted by Crippen LogP contribution is 2.35. The van der Waals surface area contributed by atoms with Crippen molar-refractivity contribution in [2.75, 3.05) is 0 Å². The van der Waals surface area contributed by atoms with Crippen LogP contribution in [0.15, 0.2) is 107 Å². The molecule has 5 heteroatoms. The summed E-state index contributed by atoms with van der Waals surface area (Å²) in [5.74, 6) is 2.48. The zero-order valence-corrected chi connectivity index (χ0v) is 25.4. The molecule has 4 aromatic rings. The van der Waals surface area contributed by atoms with E-state index in [9.17, 15) is 8.42 Å². The maximum absolute atomic E-state index is 13.1. The first-order chi connectivity index (χ1) is 18.8. The van der Waals surface area contributed by atoms with Gasteiger partial charge in [-0.05, 0) is 104 Å². The summed E-state index contributed by atoms with van der Waals surface area (Å²) in [7, 11) is -3.60. The van der Waals surface area contributed by atoms with Gasteiger partial charge in [0.2, 0.25) is 9.84 Å².